The predicted molar refractivity (Wildman–Crippen MR) is 64.7 cm³/mol. The van der Waals surface area contributed by atoms with Gasteiger partial charge in [-0.25, -0.2) is 4.68 Å². The number of nitrogens with one attached hydrogen (secondary N) is 1. The Hall–Kier alpha value is -1.76. The van der Waals surface area contributed by atoms with Crippen molar-refractivity contribution in [2.75, 3.05) is 6.54 Å². The van der Waals surface area contributed by atoms with Gasteiger partial charge in [0.25, 0.3) is 0 Å². The van der Waals surface area contributed by atoms with E-state index in [2.05, 4.69) is 51.1 Å². The van der Waals surface area contributed by atoms with E-state index in [1.807, 2.05) is 10.9 Å². The van der Waals surface area contributed by atoms with Crippen molar-refractivity contribution in [3.05, 3.63) is 24.1 Å². The van der Waals surface area contributed by atoms with Crippen LogP contribution in [-0.4, -0.2) is 31.7 Å². The van der Waals surface area contributed by atoms with Crippen molar-refractivity contribution in [3.63, 3.8) is 0 Å². The summed E-state index contributed by atoms with van der Waals surface area (Å²) in [6.07, 6.45) is 4.04. The Morgan fingerprint density at radius 2 is 2.22 bits per heavy atom. The second-order valence-corrected chi connectivity index (χ2v) is 5.10. The average molecular weight is 250 g/mol. The smallest absolute Gasteiger partial charge is 0.213 e. The van der Waals surface area contributed by atoms with Gasteiger partial charge in [-0.3, -0.25) is 0 Å². The third kappa shape index (κ3) is 3.36. The van der Waals surface area contributed by atoms with Crippen LogP contribution in [0.3, 0.4) is 0 Å². The molecule has 0 bridgehead atoms. The molecule has 0 spiro atoms. The molecule has 0 saturated heterocycles. The van der Waals surface area contributed by atoms with E-state index in [0.29, 0.717) is 12.4 Å². The van der Waals surface area contributed by atoms with E-state index in [1.54, 1.807) is 0 Å². The molecular weight excluding hydrogens is 232 g/mol. The minimum Gasteiger partial charge on any atom is -0.343 e. The Morgan fingerprint density at radius 1 is 1.39 bits per heavy atom. The summed E-state index contributed by atoms with van der Waals surface area (Å²) in [6.45, 7) is 7.75. The van der Waals surface area contributed by atoms with Crippen LogP contribution in [0.1, 0.15) is 32.3 Å². The fourth-order valence-corrected chi connectivity index (χ4v) is 1.43. The monoisotopic (exact) mass is 250 g/mol. The van der Waals surface area contributed by atoms with Gasteiger partial charge in [0, 0.05) is 19.5 Å². The third-order valence-electron chi connectivity index (χ3n) is 2.47. The van der Waals surface area contributed by atoms with Crippen LogP contribution in [-0.2, 0) is 18.5 Å². The van der Waals surface area contributed by atoms with Gasteiger partial charge in [-0.15, -0.1) is 5.10 Å². The highest BCUT2D eigenvalue weighted by atomic mass is 16.5. The zero-order valence-corrected chi connectivity index (χ0v) is 10.9. The zero-order chi connectivity index (χ0) is 13.0. The maximum absolute atomic E-state index is 4.66. The second-order valence-electron chi connectivity index (χ2n) is 5.10. The molecule has 2 rings (SSSR count). The molecule has 0 amide bonds. The maximum atomic E-state index is 4.66. The molecule has 18 heavy (non-hydrogen) atoms. The van der Waals surface area contributed by atoms with Gasteiger partial charge in [0.15, 0.2) is 5.82 Å². The summed E-state index contributed by atoms with van der Waals surface area (Å²) in [4.78, 5) is 3.95. The summed E-state index contributed by atoms with van der Waals surface area (Å²) in [6, 6.07) is 0. The zero-order valence-electron chi connectivity index (χ0n) is 10.9. The summed E-state index contributed by atoms with van der Waals surface area (Å²) in [5.41, 5.74) is 0.897. The van der Waals surface area contributed by atoms with Crippen LogP contribution < -0.4 is 5.32 Å². The molecule has 0 aliphatic rings. The first-order valence-corrected chi connectivity index (χ1v) is 5.93. The number of rotatable bonds is 5. The van der Waals surface area contributed by atoms with Crippen LogP contribution >= 0.6 is 0 Å². The van der Waals surface area contributed by atoms with Gasteiger partial charge in [-0.2, -0.15) is 4.98 Å². The Labute approximate surface area is 106 Å². The van der Waals surface area contributed by atoms with Crippen molar-refractivity contribution in [3.8, 4) is 0 Å². The van der Waals surface area contributed by atoms with Gasteiger partial charge in [0.1, 0.15) is 0 Å². The van der Waals surface area contributed by atoms with Crippen LogP contribution in [0, 0.1) is 0 Å². The Bertz CT molecular complexity index is 470. The quantitative estimate of drug-likeness (QED) is 0.788. The molecule has 0 saturated carbocycles. The second kappa shape index (κ2) is 5.26. The lowest BCUT2D eigenvalue weighted by atomic mass is 10.1. The topological polar surface area (TPSA) is 81.7 Å². The van der Waals surface area contributed by atoms with Gasteiger partial charge >= 0.3 is 0 Å². The van der Waals surface area contributed by atoms with Crippen molar-refractivity contribution in [2.24, 2.45) is 0 Å². The highest BCUT2D eigenvalue weighted by Gasteiger charge is 2.14. The summed E-state index contributed by atoms with van der Waals surface area (Å²) >= 11 is 0. The normalized spacial score (nSPS) is 11.9. The number of hydrogen-bond acceptors (Lipinski definition) is 6. The fraction of sp³-hybridized carbons (Fsp3) is 0.636. The molecule has 7 heteroatoms. The molecule has 2 aromatic rings. The summed E-state index contributed by atoms with van der Waals surface area (Å²) in [7, 11) is 0. The minimum atomic E-state index is -0.0319. The van der Waals surface area contributed by atoms with Crippen molar-refractivity contribution in [1.29, 1.82) is 0 Å². The molecule has 98 valence electrons. The van der Waals surface area contributed by atoms with Crippen LogP contribution in [0.5, 0.6) is 0 Å². The molecule has 0 radical (unpaired) electrons. The fourth-order valence-electron chi connectivity index (χ4n) is 1.43. The largest absolute Gasteiger partial charge is 0.343 e. The SMILES string of the molecule is CC(C)(C)n1cc(CNCCc2ncon2)nn1. The van der Waals surface area contributed by atoms with Crippen LogP contribution in [0.15, 0.2) is 17.1 Å². The number of aromatic nitrogens is 5. The van der Waals surface area contributed by atoms with Crippen LogP contribution in [0.4, 0.5) is 0 Å². The van der Waals surface area contributed by atoms with Crippen LogP contribution in [0.2, 0.25) is 0 Å². The van der Waals surface area contributed by atoms with E-state index >= 15 is 0 Å². The van der Waals surface area contributed by atoms with Crippen molar-refractivity contribution < 1.29 is 4.52 Å². The standard InChI is InChI=1S/C11H18N6O/c1-11(2,3)17-7-9(14-16-17)6-12-5-4-10-13-8-18-15-10/h7-8,12H,4-6H2,1-3H3. The van der Waals surface area contributed by atoms with Crippen LogP contribution in [0.25, 0.3) is 0 Å². The summed E-state index contributed by atoms with van der Waals surface area (Å²) in [5.74, 6) is 0.709. The number of hydrogen-bond donors (Lipinski definition) is 1. The van der Waals surface area contributed by atoms with Crippen molar-refractivity contribution >= 4 is 0 Å². The lowest BCUT2D eigenvalue weighted by Crippen LogP contribution is -2.22. The predicted octanol–water partition coefficient (Wildman–Crippen LogP) is 0.748. The molecule has 2 heterocycles. The van der Waals surface area contributed by atoms with E-state index in [9.17, 15) is 0 Å². The third-order valence-corrected chi connectivity index (χ3v) is 2.47. The first kappa shape index (κ1) is 12.7. The molecule has 2 aromatic heterocycles. The van der Waals surface area contributed by atoms with E-state index in [4.69, 9.17) is 0 Å². The van der Waals surface area contributed by atoms with E-state index < -0.39 is 0 Å². The maximum Gasteiger partial charge on any atom is 0.213 e. The summed E-state index contributed by atoms with van der Waals surface area (Å²) < 4.78 is 6.52. The van der Waals surface area contributed by atoms with E-state index in [-0.39, 0.29) is 5.54 Å². The Morgan fingerprint density at radius 3 is 2.83 bits per heavy atom. The van der Waals surface area contributed by atoms with Crippen molar-refractivity contribution in [1.82, 2.24) is 30.5 Å². The molecule has 1 N–H and O–H groups in total. The molecule has 0 aromatic carbocycles. The lowest BCUT2D eigenvalue weighted by Gasteiger charge is -2.17. The van der Waals surface area contributed by atoms with Crippen molar-refractivity contribution in [2.45, 2.75) is 39.3 Å². The summed E-state index contributed by atoms with van der Waals surface area (Å²) in [5, 5.41) is 15.2. The molecule has 0 unspecified atom stereocenters. The Kier molecular flexibility index (Phi) is 3.71. The van der Waals surface area contributed by atoms with Gasteiger partial charge in [0.2, 0.25) is 6.39 Å². The van der Waals surface area contributed by atoms with Gasteiger partial charge in [0.05, 0.1) is 17.4 Å². The first-order valence-electron chi connectivity index (χ1n) is 5.93. The van der Waals surface area contributed by atoms with Gasteiger partial charge < -0.3 is 9.84 Å². The molecule has 7 nitrogen and oxygen atoms in total. The van der Waals surface area contributed by atoms with E-state index in [0.717, 1.165) is 18.7 Å². The highest BCUT2D eigenvalue weighted by molar-refractivity contribution is 4.94. The Balaban J connectivity index is 1.75. The van der Waals surface area contributed by atoms with Gasteiger partial charge in [-0.1, -0.05) is 10.4 Å². The minimum absolute atomic E-state index is 0.0319. The molecular formula is C11H18N6O. The lowest BCUT2D eigenvalue weighted by molar-refractivity contribution is 0.347. The number of nitrogens with zero attached hydrogens (tertiary/aromatic N) is 5. The molecule has 0 aliphatic heterocycles. The molecule has 0 aliphatic carbocycles. The van der Waals surface area contributed by atoms with Gasteiger partial charge in [-0.05, 0) is 20.8 Å². The van der Waals surface area contributed by atoms with E-state index in [1.165, 1.54) is 6.39 Å². The molecule has 0 atom stereocenters. The molecule has 0 fully saturated rings. The highest BCUT2D eigenvalue weighted by Crippen LogP contribution is 2.11. The first-order chi connectivity index (χ1) is 8.55. The average Bonchev–Trinajstić information content (AvgIpc) is 2.95.